The Kier molecular flexibility index (Phi) is 4.91. The third-order valence-electron chi connectivity index (χ3n) is 4.86. The largest absolute Gasteiger partial charge is 0.346 e. The Morgan fingerprint density at radius 2 is 1.96 bits per heavy atom. The zero-order valence-corrected chi connectivity index (χ0v) is 16.0. The molecule has 0 radical (unpaired) electrons. The minimum Gasteiger partial charge on any atom is -0.346 e. The summed E-state index contributed by atoms with van der Waals surface area (Å²) in [5, 5.41) is 3.86. The number of benzene rings is 1. The van der Waals surface area contributed by atoms with E-state index in [0.29, 0.717) is 24.3 Å². The zero-order valence-electron chi connectivity index (χ0n) is 15.2. The first kappa shape index (κ1) is 18.6. The van der Waals surface area contributed by atoms with E-state index >= 15 is 0 Å². The molecule has 3 aromatic rings. The highest BCUT2D eigenvalue weighted by Crippen LogP contribution is 2.33. The van der Waals surface area contributed by atoms with Gasteiger partial charge in [0.1, 0.15) is 11.5 Å². The number of aromatic nitrogens is 2. The van der Waals surface area contributed by atoms with Crippen molar-refractivity contribution in [3.8, 4) is 11.1 Å². The molecule has 0 spiro atoms. The van der Waals surface area contributed by atoms with Crippen LogP contribution in [0, 0.1) is 5.92 Å². The van der Waals surface area contributed by atoms with Crippen LogP contribution in [0.5, 0.6) is 0 Å². The number of aromatic amines is 1. The van der Waals surface area contributed by atoms with Gasteiger partial charge < -0.3 is 10.3 Å². The number of carbonyl (C=O) groups is 1. The maximum Gasteiger partial charge on any atom is 0.264 e. The van der Waals surface area contributed by atoms with Gasteiger partial charge in [-0.15, -0.1) is 0 Å². The monoisotopic (exact) mass is 399 g/mol. The SMILES string of the molecule is O=C(Nc1cc(-c2ccc(CCCS(=O)(=O)O)cc2)c2cc[nH]c2n1)C1CC1. The van der Waals surface area contributed by atoms with Gasteiger partial charge in [0.05, 0.1) is 5.75 Å². The second kappa shape index (κ2) is 7.37. The first-order valence-electron chi connectivity index (χ1n) is 9.22. The minimum atomic E-state index is -3.92. The van der Waals surface area contributed by atoms with E-state index in [2.05, 4.69) is 15.3 Å². The van der Waals surface area contributed by atoms with Crippen LogP contribution in [0.25, 0.3) is 22.2 Å². The highest BCUT2D eigenvalue weighted by atomic mass is 32.2. The van der Waals surface area contributed by atoms with Crippen LogP contribution in [0.15, 0.2) is 42.6 Å². The number of aryl methyl sites for hydroxylation is 1. The Morgan fingerprint density at radius 1 is 1.21 bits per heavy atom. The van der Waals surface area contributed by atoms with E-state index in [1.807, 2.05) is 42.6 Å². The number of amides is 1. The van der Waals surface area contributed by atoms with E-state index in [0.717, 1.165) is 34.9 Å². The lowest BCUT2D eigenvalue weighted by Crippen LogP contribution is -2.14. The van der Waals surface area contributed by atoms with Crippen LogP contribution < -0.4 is 5.32 Å². The maximum atomic E-state index is 12.1. The van der Waals surface area contributed by atoms with Gasteiger partial charge in [-0.3, -0.25) is 9.35 Å². The van der Waals surface area contributed by atoms with Crippen LogP contribution in [0.4, 0.5) is 5.82 Å². The molecule has 7 nitrogen and oxygen atoms in total. The van der Waals surface area contributed by atoms with Crippen LogP contribution in [-0.4, -0.2) is 34.6 Å². The fourth-order valence-electron chi connectivity index (χ4n) is 3.22. The number of anilines is 1. The summed E-state index contributed by atoms with van der Waals surface area (Å²) in [6.07, 6.45) is 4.62. The van der Waals surface area contributed by atoms with Gasteiger partial charge >= 0.3 is 0 Å². The topological polar surface area (TPSA) is 112 Å². The summed E-state index contributed by atoms with van der Waals surface area (Å²) >= 11 is 0. The summed E-state index contributed by atoms with van der Waals surface area (Å²) in [6, 6.07) is 11.7. The van der Waals surface area contributed by atoms with Crippen molar-refractivity contribution in [1.82, 2.24) is 9.97 Å². The standard InChI is InChI=1S/C20H21N3O4S/c24-20(15-7-8-15)23-18-12-17(16-9-10-21-19(16)22-18)14-5-3-13(4-6-14)2-1-11-28(25,26)27/h3-6,9-10,12,15H,1-2,7-8,11H2,(H,25,26,27)(H2,21,22,23,24). The molecule has 8 heteroatoms. The van der Waals surface area contributed by atoms with Crippen LogP contribution >= 0.6 is 0 Å². The molecule has 2 heterocycles. The Morgan fingerprint density at radius 3 is 2.64 bits per heavy atom. The van der Waals surface area contributed by atoms with Crippen LogP contribution in [-0.2, 0) is 21.3 Å². The molecular formula is C20H21N3O4S. The molecular weight excluding hydrogens is 378 g/mol. The predicted molar refractivity (Wildman–Crippen MR) is 108 cm³/mol. The fraction of sp³-hybridized carbons (Fsp3) is 0.300. The second-order valence-corrected chi connectivity index (χ2v) is 8.72. The first-order chi connectivity index (χ1) is 13.4. The smallest absolute Gasteiger partial charge is 0.264 e. The molecule has 1 saturated carbocycles. The number of pyridine rings is 1. The van der Waals surface area contributed by atoms with E-state index < -0.39 is 10.1 Å². The van der Waals surface area contributed by atoms with Crippen LogP contribution in [0.1, 0.15) is 24.8 Å². The molecule has 0 saturated heterocycles. The minimum absolute atomic E-state index is 0.0125. The number of H-pyrrole nitrogens is 1. The van der Waals surface area contributed by atoms with E-state index in [9.17, 15) is 13.2 Å². The van der Waals surface area contributed by atoms with Gasteiger partial charge in [0.2, 0.25) is 5.91 Å². The lowest BCUT2D eigenvalue weighted by atomic mass is 10.0. The normalized spacial score (nSPS) is 14.3. The molecule has 0 unspecified atom stereocenters. The van der Waals surface area contributed by atoms with Crippen molar-refractivity contribution in [2.45, 2.75) is 25.7 Å². The van der Waals surface area contributed by atoms with Gasteiger partial charge in [0, 0.05) is 17.5 Å². The summed E-state index contributed by atoms with van der Waals surface area (Å²) < 4.78 is 30.5. The van der Waals surface area contributed by atoms with E-state index in [-0.39, 0.29) is 17.6 Å². The summed E-state index contributed by atoms with van der Waals surface area (Å²) in [7, 11) is -3.92. The molecule has 0 aliphatic heterocycles. The second-order valence-electron chi connectivity index (χ2n) is 7.15. The molecule has 1 amide bonds. The Hall–Kier alpha value is -2.71. The molecule has 1 aromatic carbocycles. The highest BCUT2D eigenvalue weighted by molar-refractivity contribution is 7.85. The summed E-state index contributed by atoms with van der Waals surface area (Å²) in [5.74, 6) is 0.400. The van der Waals surface area contributed by atoms with Crippen LogP contribution in [0.3, 0.4) is 0 Å². The highest BCUT2D eigenvalue weighted by Gasteiger charge is 2.30. The zero-order chi connectivity index (χ0) is 19.7. The molecule has 1 aliphatic carbocycles. The van der Waals surface area contributed by atoms with Gasteiger partial charge in [-0.25, -0.2) is 4.98 Å². The molecule has 28 heavy (non-hydrogen) atoms. The quantitative estimate of drug-likeness (QED) is 0.527. The van der Waals surface area contributed by atoms with Crippen molar-refractivity contribution in [3.05, 3.63) is 48.2 Å². The third-order valence-corrected chi connectivity index (χ3v) is 5.67. The lowest BCUT2D eigenvalue weighted by molar-refractivity contribution is -0.117. The summed E-state index contributed by atoms with van der Waals surface area (Å²) in [6.45, 7) is 0. The molecule has 1 aliphatic rings. The summed E-state index contributed by atoms with van der Waals surface area (Å²) in [4.78, 5) is 19.7. The average Bonchev–Trinajstić information content (AvgIpc) is 3.39. The van der Waals surface area contributed by atoms with E-state index in [4.69, 9.17) is 4.55 Å². The molecule has 0 atom stereocenters. The molecule has 146 valence electrons. The van der Waals surface area contributed by atoms with E-state index in [1.165, 1.54) is 0 Å². The predicted octanol–water partition coefficient (Wildman–Crippen LogP) is 3.40. The third kappa shape index (κ3) is 4.40. The molecule has 4 rings (SSSR count). The Bertz CT molecular complexity index is 1120. The van der Waals surface area contributed by atoms with Crippen molar-refractivity contribution in [2.75, 3.05) is 11.1 Å². The lowest BCUT2D eigenvalue weighted by Gasteiger charge is -2.09. The van der Waals surface area contributed by atoms with Crippen molar-refractivity contribution in [2.24, 2.45) is 5.92 Å². The molecule has 2 aromatic heterocycles. The number of fused-ring (bicyclic) bond motifs is 1. The number of carbonyl (C=O) groups excluding carboxylic acids is 1. The van der Waals surface area contributed by atoms with Crippen LogP contribution in [0.2, 0.25) is 0 Å². The summed E-state index contributed by atoms with van der Waals surface area (Å²) in [5.41, 5.74) is 3.64. The number of hydrogen-bond acceptors (Lipinski definition) is 4. The van der Waals surface area contributed by atoms with Crippen molar-refractivity contribution in [3.63, 3.8) is 0 Å². The van der Waals surface area contributed by atoms with Crippen molar-refractivity contribution < 1.29 is 17.8 Å². The number of nitrogens with zero attached hydrogens (tertiary/aromatic N) is 1. The van der Waals surface area contributed by atoms with Crippen molar-refractivity contribution >= 4 is 32.9 Å². The maximum absolute atomic E-state index is 12.1. The van der Waals surface area contributed by atoms with Gasteiger partial charge in [-0.1, -0.05) is 24.3 Å². The molecule has 3 N–H and O–H groups in total. The average molecular weight is 399 g/mol. The number of hydrogen-bond donors (Lipinski definition) is 3. The number of nitrogens with one attached hydrogen (secondary N) is 2. The van der Waals surface area contributed by atoms with Gasteiger partial charge in [-0.2, -0.15) is 8.42 Å². The van der Waals surface area contributed by atoms with Crippen molar-refractivity contribution in [1.29, 1.82) is 0 Å². The van der Waals surface area contributed by atoms with Gasteiger partial charge in [0.15, 0.2) is 0 Å². The number of rotatable bonds is 7. The van der Waals surface area contributed by atoms with Gasteiger partial charge in [-0.05, 0) is 54.5 Å². The fourth-order valence-corrected chi connectivity index (χ4v) is 3.73. The van der Waals surface area contributed by atoms with Gasteiger partial charge in [0.25, 0.3) is 10.1 Å². The molecule has 0 bridgehead atoms. The van der Waals surface area contributed by atoms with E-state index in [1.54, 1.807) is 0 Å². The first-order valence-corrected chi connectivity index (χ1v) is 10.8. The molecule has 1 fully saturated rings. The Balaban J connectivity index is 1.57. The Labute approximate surface area is 162 Å².